The molecule has 0 amide bonds. The first-order valence-electron chi connectivity index (χ1n) is 4.74. The Bertz CT molecular complexity index is 373. The van der Waals surface area contributed by atoms with Crippen LogP contribution >= 0.6 is 23.2 Å². The molecule has 1 atom stereocenters. The van der Waals surface area contributed by atoms with Crippen LogP contribution in [0.5, 0.6) is 0 Å². The van der Waals surface area contributed by atoms with E-state index >= 15 is 0 Å². The van der Waals surface area contributed by atoms with E-state index in [9.17, 15) is 4.55 Å². The zero-order valence-electron chi connectivity index (χ0n) is 8.06. The van der Waals surface area contributed by atoms with Gasteiger partial charge < -0.3 is 9.87 Å². The summed E-state index contributed by atoms with van der Waals surface area (Å²) >= 11 is 11.2. The molecule has 0 saturated carbocycles. The van der Waals surface area contributed by atoms with Gasteiger partial charge in [0.05, 0.1) is 10.0 Å². The van der Waals surface area contributed by atoms with E-state index in [0.717, 1.165) is 30.0 Å². The Morgan fingerprint density at radius 2 is 2.13 bits per heavy atom. The second-order valence-corrected chi connectivity index (χ2v) is 5.82. The van der Waals surface area contributed by atoms with E-state index in [4.69, 9.17) is 23.2 Å². The Kier molecular flexibility index (Phi) is 3.67. The van der Waals surface area contributed by atoms with Gasteiger partial charge in [0, 0.05) is 24.2 Å². The Labute approximate surface area is 102 Å². The van der Waals surface area contributed by atoms with E-state index < -0.39 is 11.2 Å². The molecule has 5 heteroatoms. The summed E-state index contributed by atoms with van der Waals surface area (Å²) in [7, 11) is 0. The summed E-state index contributed by atoms with van der Waals surface area (Å²) in [5, 5.41) is 4.32. The second kappa shape index (κ2) is 4.83. The van der Waals surface area contributed by atoms with E-state index in [1.807, 2.05) is 6.07 Å². The minimum absolute atomic E-state index is 0.488. The lowest BCUT2D eigenvalue weighted by atomic mass is 10.2. The Hall–Kier alpha value is -0.0900. The number of hydrogen-bond acceptors (Lipinski definition) is 2. The molecular formula is C10H11Cl2NOS. The van der Waals surface area contributed by atoms with Crippen molar-refractivity contribution in [3.05, 3.63) is 27.7 Å². The van der Waals surface area contributed by atoms with Gasteiger partial charge >= 0.3 is 0 Å². The van der Waals surface area contributed by atoms with E-state index in [2.05, 4.69) is 5.32 Å². The lowest BCUT2D eigenvalue weighted by Crippen LogP contribution is -2.18. The molecule has 1 aliphatic rings. The highest BCUT2D eigenvalue weighted by molar-refractivity contribution is 7.90. The largest absolute Gasteiger partial charge is 0.616 e. The molecule has 1 N–H and O–H groups in total. The first kappa shape index (κ1) is 11.4. The van der Waals surface area contributed by atoms with Gasteiger partial charge in [-0.1, -0.05) is 23.2 Å². The summed E-state index contributed by atoms with van der Waals surface area (Å²) in [4.78, 5) is 0. The number of nitrogens with one attached hydrogen (secondary N) is 1. The fraction of sp³-hybridized carbons (Fsp3) is 0.400. The molecule has 0 spiro atoms. The van der Waals surface area contributed by atoms with Gasteiger partial charge in [-0.05, 0) is 23.3 Å². The Morgan fingerprint density at radius 3 is 2.93 bits per heavy atom. The molecule has 0 fully saturated rings. The maximum absolute atomic E-state index is 11.6. The van der Waals surface area contributed by atoms with Crippen molar-refractivity contribution in [2.24, 2.45) is 0 Å². The topological polar surface area (TPSA) is 35.1 Å². The zero-order valence-corrected chi connectivity index (χ0v) is 10.4. The summed E-state index contributed by atoms with van der Waals surface area (Å²) in [5.74, 6) is 1.21. The molecule has 0 bridgehead atoms. The van der Waals surface area contributed by atoms with Crippen LogP contribution in [0.25, 0.3) is 0 Å². The van der Waals surface area contributed by atoms with Gasteiger partial charge in [-0.25, -0.2) is 0 Å². The van der Waals surface area contributed by atoms with Crippen molar-refractivity contribution < 1.29 is 4.55 Å². The predicted octanol–water partition coefficient (Wildman–Crippen LogP) is 3.06. The maximum atomic E-state index is 11.6. The maximum Gasteiger partial charge on any atom is 0.134 e. The number of fused-ring (bicyclic) bond motifs is 1. The molecule has 0 saturated heterocycles. The molecule has 82 valence electrons. The lowest BCUT2D eigenvalue weighted by molar-refractivity contribution is 0.591. The molecule has 1 aromatic carbocycles. The lowest BCUT2D eigenvalue weighted by Gasteiger charge is -2.20. The van der Waals surface area contributed by atoms with Crippen molar-refractivity contribution in [2.45, 2.75) is 12.2 Å². The van der Waals surface area contributed by atoms with Gasteiger partial charge in [0.25, 0.3) is 0 Å². The number of benzene rings is 1. The molecule has 0 aromatic heterocycles. The fourth-order valence-electron chi connectivity index (χ4n) is 1.59. The van der Waals surface area contributed by atoms with Crippen LogP contribution in [-0.2, 0) is 16.9 Å². The third-order valence-electron chi connectivity index (χ3n) is 2.37. The summed E-state index contributed by atoms with van der Waals surface area (Å²) in [5.41, 5.74) is 1.83. The summed E-state index contributed by atoms with van der Waals surface area (Å²) < 4.78 is 11.6. The van der Waals surface area contributed by atoms with Crippen LogP contribution in [0.15, 0.2) is 12.1 Å². The molecule has 1 aliphatic heterocycles. The Morgan fingerprint density at radius 1 is 1.33 bits per heavy atom. The average Bonchev–Trinajstić information content (AvgIpc) is 2.19. The SMILES string of the molecule is [O-][S+]1CCCNc2ccc(Cl)c(Cl)c2C1. The van der Waals surface area contributed by atoms with Gasteiger partial charge in [0.2, 0.25) is 0 Å². The first-order chi connectivity index (χ1) is 7.18. The number of rotatable bonds is 0. The molecule has 0 radical (unpaired) electrons. The van der Waals surface area contributed by atoms with Crippen molar-refractivity contribution in [2.75, 3.05) is 17.6 Å². The standard InChI is InChI=1S/C10H11Cl2NOS/c11-8-2-3-9-7(10(8)12)6-15(14)5-1-4-13-9/h2-3,13H,1,4-6H2. The minimum atomic E-state index is -0.832. The van der Waals surface area contributed by atoms with Crippen LogP contribution in [-0.4, -0.2) is 16.9 Å². The van der Waals surface area contributed by atoms with Crippen molar-refractivity contribution in [3.8, 4) is 0 Å². The molecule has 0 aliphatic carbocycles. The van der Waals surface area contributed by atoms with Crippen molar-refractivity contribution in [3.63, 3.8) is 0 Å². The summed E-state index contributed by atoms with van der Waals surface area (Å²) in [6, 6.07) is 3.66. The highest BCUT2D eigenvalue weighted by Crippen LogP contribution is 2.33. The average molecular weight is 264 g/mol. The number of anilines is 1. The Balaban J connectivity index is 2.41. The highest BCUT2D eigenvalue weighted by Gasteiger charge is 2.19. The van der Waals surface area contributed by atoms with Crippen LogP contribution in [0.1, 0.15) is 12.0 Å². The van der Waals surface area contributed by atoms with Crippen molar-refractivity contribution in [1.82, 2.24) is 0 Å². The van der Waals surface area contributed by atoms with E-state index in [0.29, 0.717) is 15.8 Å². The quantitative estimate of drug-likeness (QED) is 0.731. The summed E-state index contributed by atoms with van der Waals surface area (Å²) in [6.07, 6.45) is 0.923. The van der Waals surface area contributed by atoms with Crippen molar-refractivity contribution in [1.29, 1.82) is 0 Å². The van der Waals surface area contributed by atoms with Gasteiger partial charge in [-0.3, -0.25) is 0 Å². The molecule has 15 heavy (non-hydrogen) atoms. The highest BCUT2D eigenvalue weighted by atomic mass is 35.5. The van der Waals surface area contributed by atoms with Crippen molar-refractivity contribution >= 4 is 40.1 Å². The van der Waals surface area contributed by atoms with E-state index in [1.54, 1.807) is 6.07 Å². The van der Waals surface area contributed by atoms with Crippen LogP contribution in [0, 0.1) is 0 Å². The van der Waals surface area contributed by atoms with Crippen LogP contribution in [0.4, 0.5) is 5.69 Å². The van der Waals surface area contributed by atoms with Crippen LogP contribution < -0.4 is 5.32 Å². The van der Waals surface area contributed by atoms with Gasteiger partial charge in [-0.2, -0.15) is 0 Å². The zero-order chi connectivity index (χ0) is 10.8. The van der Waals surface area contributed by atoms with Crippen LogP contribution in [0.3, 0.4) is 0 Å². The fourth-order valence-corrected chi connectivity index (χ4v) is 3.31. The first-order valence-corrected chi connectivity index (χ1v) is 6.98. The third-order valence-corrected chi connectivity index (χ3v) is 4.56. The molecule has 1 unspecified atom stereocenters. The monoisotopic (exact) mass is 263 g/mol. The van der Waals surface area contributed by atoms with E-state index in [-0.39, 0.29) is 0 Å². The summed E-state index contributed by atoms with van der Waals surface area (Å²) in [6.45, 7) is 0.830. The molecule has 2 rings (SSSR count). The smallest absolute Gasteiger partial charge is 0.134 e. The van der Waals surface area contributed by atoms with E-state index in [1.165, 1.54) is 0 Å². The van der Waals surface area contributed by atoms with Gasteiger partial charge in [0.1, 0.15) is 11.5 Å². The molecule has 2 nitrogen and oxygen atoms in total. The minimum Gasteiger partial charge on any atom is -0.616 e. The van der Waals surface area contributed by atoms with Crippen LogP contribution in [0.2, 0.25) is 10.0 Å². The van der Waals surface area contributed by atoms with Gasteiger partial charge in [0.15, 0.2) is 0 Å². The third kappa shape index (κ3) is 2.53. The normalized spacial score (nSPS) is 21.1. The molecule has 1 aromatic rings. The predicted molar refractivity (Wildman–Crippen MR) is 66.3 cm³/mol. The number of hydrogen-bond donors (Lipinski definition) is 1. The molecule has 1 heterocycles. The molecular weight excluding hydrogens is 253 g/mol. The second-order valence-electron chi connectivity index (χ2n) is 3.46. The number of halogens is 2. The van der Waals surface area contributed by atoms with Gasteiger partial charge in [-0.15, -0.1) is 0 Å².